The number of hydrazone groups is 1. The summed E-state index contributed by atoms with van der Waals surface area (Å²) in [6.07, 6.45) is 0.678. The highest BCUT2D eigenvalue weighted by Gasteiger charge is 2.27. The summed E-state index contributed by atoms with van der Waals surface area (Å²) in [4.78, 5) is 26.7. The van der Waals surface area contributed by atoms with Gasteiger partial charge in [0.2, 0.25) is 0 Å². The number of allylic oxidation sites excluding steroid dienone is 1. The van der Waals surface area contributed by atoms with Crippen molar-refractivity contribution >= 4 is 46.5 Å². The Morgan fingerprint density at radius 1 is 1.24 bits per heavy atom. The summed E-state index contributed by atoms with van der Waals surface area (Å²) in [5, 5.41) is 16.8. The summed E-state index contributed by atoms with van der Waals surface area (Å²) < 4.78 is 11.0. The first-order valence-electron chi connectivity index (χ1n) is 10.2. The van der Waals surface area contributed by atoms with E-state index in [1.807, 2.05) is 6.07 Å². The third-order valence-electron chi connectivity index (χ3n) is 5.30. The average Bonchev–Trinajstić information content (AvgIpc) is 2.81. The van der Waals surface area contributed by atoms with Crippen LogP contribution in [0.2, 0.25) is 10.0 Å². The van der Waals surface area contributed by atoms with Crippen LogP contribution in [0.3, 0.4) is 0 Å². The molecule has 0 unspecified atom stereocenters. The Hall–Kier alpha value is -3.58. The minimum Gasteiger partial charge on any atom is -0.454 e. The molecule has 2 aliphatic rings. The molecule has 2 aromatic carbocycles. The molecular formula is C23H19Cl2N5O4. The summed E-state index contributed by atoms with van der Waals surface area (Å²) in [6.45, 7) is 5.18. The van der Waals surface area contributed by atoms with Gasteiger partial charge in [-0.05, 0) is 42.3 Å². The molecule has 34 heavy (non-hydrogen) atoms. The van der Waals surface area contributed by atoms with Crippen LogP contribution >= 0.6 is 23.2 Å². The lowest BCUT2D eigenvalue weighted by molar-refractivity contribution is 0.0679. The largest absolute Gasteiger partial charge is 0.454 e. The summed E-state index contributed by atoms with van der Waals surface area (Å²) in [5.74, 6) is 0.595. The number of benzene rings is 2. The molecule has 9 nitrogen and oxygen atoms in total. The zero-order chi connectivity index (χ0) is 24.4. The van der Waals surface area contributed by atoms with Gasteiger partial charge in [-0.3, -0.25) is 4.79 Å². The van der Waals surface area contributed by atoms with Crippen molar-refractivity contribution in [2.45, 2.75) is 6.42 Å². The van der Waals surface area contributed by atoms with Crippen LogP contribution in [0.1, 0.15) is 15.9 Å². The number of hydrogen-bond donors (Lipinski definition) is 1. The highest BCUT2D eigenvalue weighted by Crippen LogP contribution is 2.40. The number of ether oxygens (including phenoxy) is 2. The standard InChI is InChI=1S/C23H19Cl2N5O4/c1-13-20(12-26)28-30(23(32)27-13)15-10-18(24)21(19(25)11-15)34-16-3-4-17-14(9-16)5-6-29(22(17)31)7-8-33-2/h3-4,9-11H,1,5-8H2,2H3,(H,27,32). The Balaban J connectivity index is 1.57. The van der Waals surface area contributed by atoms with Crippen molar-refractivity contribution in [3.05, 3.63) is 63.8 Å². The van der Waals surface area contributed by atoms with Gasteiger partial charge >= 0.3 is 6.03 Å². The fourth-order valence-corrected chi connectivity index (χ4v) is 4.14. The van der Waals surface area contributed by atoms with Crippen molar-refractivity contribution in [3.63, 3.8) is 0 Å². The van der Waals surface area contributed by atoms with Crippen LogP contribution in [-0.4, -0.2) is 49.4 Å². The maximum atomic E-state index is 12.7. The molecule has 11 heteroatoms. The predicted molar refractivity (Wildman–Crippen MR) is 128 cm³/mol. The number of anilines is 1. The van der Waals surface area contributed by atoms with E-state index >= 15 is 0 Å². The smallest absolute Gasteiger partial charge is 0.347 e. The summed E-state index contributed by atoms with van der Waals surface area (Å²) in [6, 6.07) is 9.32. The molecule has 4 rings (SSSR count). The summed E-state index contributed by atoms with van der Waals surface area (Å²) in [7, 11) is 1.60. The zero-order valence-corrected chi connectivity index (χ0v) is 19.6. The maximum Gasteiger partial charge on any atom is 0.347 e. The average molecular weight is 500 g/mol. The number of hydrogen-bond acceptors (Lipinski definition) is 6. The van der Waals surface area contributed by atoms with Gasteiger partial charge in [-0.2, -0.15) is 15.4 Å². The molecule has 0 saturated heterocycles. The Labute approximate surface area is 205 Å². The number of nitrogens with zero attached hydrogens (tertiary/aromatic N) is 4. The number of rotatable bonds is 6. The molecule has 2 aromatic rings. The number of carbonyl (C=O) groups is 2. The molecule has 174 valence electrons. The summed E-state index contributed by atoms with van der Waals surface area (Å²) in [5.41, 5.74) is 1.78. The summed E-state index contributed by atoms with van der Waals surface area (Å²) >= 11 is 12.8. The molecule has 0 aromatic heterocycles. The van der Waals surface area contributed by atoms with E-state index in [0.29, 0.717) is 37.4 Å². The number of halogens is 2. The van der Waals surface area contributed by atoms with Crippen molar-refractivity contribution in [1.82, 2.24) is 10.2 Å². The van der Waals surface area contributed by atoms with Crippen molar-refractivity contribution in [3.8, 4) is 17.6 Å². The van der Waals surface area contributed by atoms with Gasteiger partial charge in [0.15, 0.2) is 11.5 Å². The number of amides is 3. The second-order valence-corrected chi connectivity index (χ2v) is 8.29. The van der Waals surface area contributed by atoms with E-state index in [4.69, 9.17) is 37.9 Å². The minimum atomic E-state index is -0.608. The Bertz CT molecular complexity index is 1250. The quantitative estimate of drug-likeness (QED) is 0.635. The molecule has 0 radical (unpaired) electrons. The van der Waals surface area contributed by atoms with Crippen molar-refractivity contribution in [2.75, 3.05) is 31.8 Å². The topological polar surface area (TPSA) is 107 Å². The van der Waals surface area contributed by atoms with Gasteiger partial charge in [0.25, 0.3) is 5.91 Å². The number of methoxy groups -OCH3 is 1. The molecule has 0 atom stereocenters. The van der Waals surface area contributed by atoms with Crippen LogP contribution < -0.4 is 15.1 Å². The number of fused-ring (bicyclic) bond motifs is 1. The fourth-order valence-electron chi connectivity index (χ4n) is 3.59. The molecular weight excluding hydrogens is 481 g/mol. The van der Waals surface area contributed by atoms with Gasteiger partial charge in [-0.15, -0.1) is 0 Å². The Morgan fingerprint density at radius 3 is 2.65 bits per heavy atom. The molecule has 0 saturated carbocycles. The predicted octanol–water partition coefficient (Wildman–Crippen LogP) is 4.35. The first-order valence-corrected chi connectivity index (χ1v) is 10.9. The van der Waals surface area contributed by atoms with Crippen LogP contribution in [0.5, 0.6) is 11.5 Å². The molecule has 0 spiro atoms. The molecule has 3 amide bonds. The molecule has 0 bridgehead atoms. The van der Waals surface area contributed by atoms with E-state index in [-0.39, 0.29) is 38.8 Å². The third-order valence-corrected chi connectivity index (χ3v) is 5.86. The minimum absolute atomic E-state index is 0.0448. The van der Waals surface area contributed by atoms with Crippen molar-refractivity contribution in [1.29, 1.82) is 5.26 Å². The molecule has 2 heterocycles. The monoisotopic (exact) mass is 499 g/mol. The number of nitrogens with one attached hydrogen (secondary N) is 1. The van der Waals surface area contributed by atoms with E-state index in [0.717, 1.165) is 10.6 Å². The SMILES string of the molecule is C=C1NC(=O)N(c2cc(Cl)c(Oc3ccc4c(c3)CCN(CCOC)C4=O)c(Cl)c2)N=C1C#N. The molecule has 0 aliphatic carbocycles. The molecule has 1 N–H and O–H groups in total. The lowest BCUT2D eigenvalue weighted by atomic mass is 9.98. The first kappa shape index (κ1) is 23.6. The van der Waals surface area contributed by atoms with E-state index in [1.54, 1.807) is 30.2 Å². The van der Waals surface area contributed by atoms with Crippen LogP contribution in [0.25, 0.3) is 0 Å². The Kier molecular flexibility index (Phi) is 6.75. The number of urea groups is 1. The number of carbonyl (C=O) groups excluding carboxylic acids is 2. The normalized spacial score (nSPS) is 15.5. The van der Waals surface area contributed by atoms with Crippen LogP contribution in [0, 0.1) is 11.3 Å². The van der Waals surface area contributed by atoms with E-state index < -0.39 is 6.03 Å². The highest BCUT2D eigenvalue weighted by atomic mass is 35.5. The van der Waals surface area contributed by atoms with Crippen LogP contribution in [0.4, 0.5) is 10.5 Å². The van der Waals surface area contributed by atoms with Gasteiger partial charge in [0.05, 0.1) is 28.0 Å². The van der Waals surface area contributed by atoms with Gasteiger partial charge in [0, 0.05) is 25.8 Å². The van der Waals surface area contributed by atoms with Gasteiger partial charge < -0.3 is 19.7 Å². The lowest BCUT2D eigenvalue weighted by Gasteiger charge is -2.28. The van der Waals surface area contributed by atoms with Crippen LogP contribution in [-0.2, 0) is 11.2 Å². The van der Waals surface area contributed by atoms with E-state index in [2.05, 4.69) is 17.0 Å². The first-order chi connectivity index (χ1) is 16.3. The molecule has 0 fully saturated rings. The maximum absolute atomic E-state index is 12.7. The second kappa shape index (κ2) is 9.73. The van der Waals surface area contributed by atoms with Crippen LogP contribution in [0.15, 0.2) is 47.7 Å². The van der Waals surface area contributed by atoms with E-state index in [9.17, 15) is 9.59 Å². The lowest BCUT2D eigenvalue weighted by Crippen LogP contribution is -2.42. The fraction of sp³-hybridized carbons (Fsp3) is 0.217. The van der Waals surface area contributed by atoms with Gasteiger partial charge in [-0.25, -0.2) is 4.79 Å². The Morgan fingerprint density at radius 2 is 1.97 bits per heavy atom. The van der Waals surface area contributed by atoms with Crippen molar-refractivity contribution in [2.24, 2.45) is 5.10 Å². The van der Waals surface area contributed by atoms with E-state index in [1.165, 1.54) is 12.1 Å². The second-order valence-electron chi connectivity index (χ2n) is 7.48. The van der Waals surface area contributed by atoms with Gasteiger partial charge in [-0.1, -0.05) is 29.8 Å². The third kappa shape index (κ3) is 4.56. The van der Waals surface area contributed by atoms with Gasteiger partial charge in [0.1, 0.15) is 11.8 Å². The highest BCUT2D eigenvalue weighted by molar-refractivity contribution is 6.37. The number of nitriles is 1. The van der Waals surface area contributed by atoms with Crippen molar-refractivity contribution < 1.29 is 19.1 Å². The zero-order valence-electron chi connectivity index (χ0n) is 18.1. The molecule has 2 aliphatic heterocycles.